The average Bonchev–Trinajstić information content (AvgIpc) is 2.73. The van der Waals surface area contributed by atoms with Crippen molar-refractivity contribution < 1.29 is 14.3 Å². The van der Waals surface area contributed by atoms with E-state index in [0.29, 0.717) is 18.7 Å². The highest BCUT2D eigenvalue weighted by Gasteiger charge is 2.28. The molecule has 0 unspecified atom stereocenters. The van der Waals surface area contributed by atoms with E-state index in [4.69, 9.17) is 4.74 Å². The fourth-order valence-electron chi connectivity index (χ4n) is 3.17. The molecule has 1 saturated heterocycles. The van der Waals surface area contributed by atoms with Crippen LogP contribution < -0.4 is 4.90 Å². The minimum Gasteiger partial charge on any atom is -0.449 e. The summed E-state index contributed by atoms with van der Waals surface area (Å²) in [4.78, 5) is 30.0. The first-order chi connectivity index (χ1) is 13.1. The van der Waals surface area contributed by atoms with E-state index < -0.39 is 12.1 Å². The van der Waals surface area contributed by atoms with Gasteiger partial charge in [0, 0.05) is 36.8 Å². The molecule has 0 saturated carbocycles. The first-order valence-corrected chi connectivity index (χ1v) is 10.3. The van der Waals surface area contributed by atoms with Crippen LogP contribution in [0, 0.1) is 0 Å². The topological polar surface area (TPSA) is 49.9 Å². The summed E-state index contributed by atoms with van der Waals surface area (Å²) in [6.07, 6.45) is 1.11. The second kappa shape index (κ2) is 8.95. The number of rotatable bonds is 5. The van der Waals surface area contributed by atoms with Crippen molar-refractivity contribution in [1.82, 2.24) is 4.90 Å². The standard InChI is InChI=1S/C21H24N2O3S/c1-16(26-21(25)18-10-6-7-11-19(18)27-2)20(24)23-14-12-22(13-15-23)17-8-4-3-5-9-17/h3-11,16H,12-15H2,1-2H3/t16-/m0/s1. The highest BCUT2D eigenvalue weighted by Crippen LogP contribution is 2.21. The fourth-order valence-corrected chi connectivity index (χ4v) is 3.75. The molecule has 1 atom stereocenters. The van der Waals surface area contributed by atoms with Crippen LogP contribution in [0.4, 0.5) is 5.69 Å². The summed E-state index contributed by atoms with van der Waals surface area (Å²) in [5.41, 5.74) is 1.66. The Morgan fingerprint density at radius 2 is 1.59 bits per heavy atom. The van der Waals surface area contributed by atoms with Gasteiger partial charge in [-0.05, 0) is 37.4 Å². The molecular weight excluding hydrogens is 360 g/mol. The Morgan fingerprint density at radius 1 is 0.963 bits per heavy atom. The lowest BCUT2D eigenvalue weighted by Crippen LogP contribution is -2.51. The highest BCUT2D eigenvalue weighted by molar-refractivity contribution is 7.98. The van der Waals surface area contributed by atoms with Crippen molar-refractivity contribution in [3.8, 4) is 0 Å². The van der Waals surface area contributed by atoms with E-state index in [1.807, 2.05) is 36.6 Å². The number of hydrogen-bond acceptors (Lipinski definition) is 5. The summed E-state index contributed by atoms with van der Waals surface area (Å²) in [5.74, 6) is -0.596. The van der Waals surface area contributed by atoms with Crippen molar-refractivity contribution in [3.63, 3.8) is 0 Å². The van der Waals surface area contributed by atoms with E-state index in [2.05, 4.69) is 17.0 Å². The molecule has 1 amide bonds. The summed E-state index contributed by atoms with van der Waals surface area (Å²) in [5, 5.41) is 0. The van der Waals surface area contributed by atoms with Gasteiger partial charge in [-0.15, -0.1) is 11.8 Å². The second-order valence-electron chi connectivity index (χ2n) is 6.40. The number of ether oxygens (including phenoxy) is 1. The predicted octanol–water partition coefficient (Wildman–Crippen LogP) is 3.30. The monoisotopic (exact) mass is 384 g/mol. The summed E-state index contributed by atoms with van der Waals surface area (Å²) in [7, 11) is 0. The SMILES string of the molecule is CSc1ccccc1C(=O)O[C@@H](C)C(=O)N1CCN(c2ccccc2)CC1. The lowest BCUT2D eigenvalue weighted by Gasteiger charge is -2.37. The number of esters is 1. The average molecular weight is 385 g/mol. The van der Waals surface area contributed by atoms with Gasteiger partial charge in [0.05, 0.1) is 5.56 Å². The normalized spacial score (nSPS) is 15.3. The third-order valence-corrected chi connectivity index (χ3v) is 5.47. The molecule has 0 aliphatic carbocycles. The lowest BCUT2D eigenvalue weighted by molar-refractivity contribution is -0.140. The lowest BCUT2D eigenvalue weighted by atomic mass is 10.2. The molecule has 3 rings (SSSR count). The number of hydrogen-bond donors (Lipinski definition) is 0. The Hall–Kier alpha value is -2.47. The molecule has 0 bridgehead atoms. The molecular formula is C21H24N2O3S. The predicted molar refractivity (Wildman–Crippen MR) is 108 cm³/mol. The van der Waals surface area contributed by atoms with Crippen molar-refractivity contribution in [3.05, 3.63) is 60.2 Å². The maximum atomic E-state index is 12.7. The third kappa shape index (κ3) is 4.63. The van der Waals surface area contributed by atoms with Crippen molar-refractivity contribution in [2.75, 3.05) is 37.3 Å². The molecule has 0 N–H and O–H groups in total. The Bertz CT molecular complexity index is 789. The van der Waals surface area contributed by atoms with Gasteiger partial charge in [0.25, 0.3) is 5.91 Å². The molecule has 6 heteroatoms. The smallest absolute Gasteiger partial charge is 0.340 e. The van der Waals surface area contributed by atoms with Gasteiger partial charge < -0.3 is 14.5 Å². The number of benzene rings is 2. The molecule has 0 radical (unpaired) electrons. The van der Waals surface area contributed by atoms with Crippen molar-refractivity contribution in [2.45, 2.75) is 17.9 Å². The number of nitrogens with zero attached hydrogens (tertiary/aromatic N) is 2. The Balaban J connectivity index is 1.56. The van der Waals surface area contributed by atoms with E-state index in [1.165, 1.54) is 11.8 Å². The Kier molecular flexibility index (Phi) is 6.40. The second-order valence-corrected chi connectivity index (χ2v) is 7.24. The van der Waals surface area contributed by atoms with Crippen LogP contribution in [-0.4, -0.2) is 55.3 Å². The molecule has 2 aromatic carbocycles. The van der Waals surface area contributed by atoms with Crippen LogP contribution in [0.15, 0.2) is 59.5 Å². The zero-order chi connectivity index (χ0) is 19.2. The van der Waals surface area contributed by atoms with Gasteiger partial charge in [-0.2, -0.15) is 0 Å². The molecule has 1 aliphatic rings. The number of piperazine rings is 1. The number of thioether (sulfide) groups is 1. The summed E-state index contributed by atoms with van der Waals surface area (Å²) in [6.45, 7) is 4.43. The van der Waals surface area contributed by atoms with Crippen molar-refractivity contribution in [1.29, 1.82) is 0 Å². The largest absolute Gasteiger partial charge is 0.449 e. The maximum absolute atomic E-state index is 12.7. The number of para-hydroxylation sites is 1. The van der Waals surface area contributed by atoms with Gasteiger partial charge in [0.15, 0.2) is 6.10 Å². The minimum absolute atomic E-state index is 0.141. The molecule has 142 valence electrons. The van der Waals surface area contributed by atoms with Gasteiger partial charge in [0.2, 0.25) is 0 Å². The third-order valence-electron chi connectivity index (χ3n) is 4.67. The van der Waals surface area contributed by atoms with Crippen LogP contribution >= 0.6 is 11.8 Å². The number of carbonyl (C=O) groups excluding carboxylic acids is 2. The fraction of sp³-hybridized carbons (Fsp3) is 0.333. The molecule has 5 nitrogen and oxygen atoms in total. The van der Waals surface area contributed by atoms with Crippen LogP contribution in [0.2, 0.25) is 0 Å². The number of carbonyl (C=O) groups is 2. The molecule has 0 aromatic heterocycles. The quantitative estimate of drug-likeness (QED) is 0.585. The Labute approximate surface area is 164 Å². The van der Waals surface area contributed by atoms with Gasteiger partial charge in [-0.3, -0.25) is 4.79 Å². The summed E-state index contributed by atoms with van der Waals surface area (Å²) < 4.78 is 5.45. The maximum Gasteiger partial charge on any atom is 0.340 e. The number of amides is 1. The van der Waals surface area contributed by atoms with Crippen LogP contribution in [0.1, 0.15) is 17.3 Å². The Morgan fingerprint density at radius 3 is 2.26 bits per heavy atom. The van der Waals surface area contributed by atoms with Gasteiger partial charge in [-0.1, -0.05) is 30.3 Å². The first-order valence-electron chi connectivity index (χ1n) is 9.03. The molecule has 1 fully saturated rings. The molecule has 27 heavy (non-hydrogen) atoms. The summed E-state index contributed by atoms with van der Waals surface area (Å²) >= 11 is 1.48. The minimum atomic E-state index is -0.796. The molecule has 1 aliphatic heterocycles. The molecule has 1 heterocycles. The van der Waals surface area contributed by atoms with Gasteiger partial charge in [-0.25, -0.2) is 4.79 Å². The zero-order valence-electron chi connectivity index (χ0n) is 15.6. The van der Waals surface area contributed by atoms with Crippen molar-refractivity contribution >= 4 is 29.3 Å². The van der Waals surface area contributed by atoms with E-state index in [0.717, 1.165) is 23.7 Å². The zero-order valence-corrected chi connectivity index (χ0v) is 16.4. The van der Waals surface area contributed by atoms with E-state index in [9.17, 15) is 9.59 Å². The number of anilines is 1. The molecule has 2 aromatic rings. The van der Waals surface area contributed by atoms with Gasteiger partial charge in [0.1, 0.15) is 0 Å². The van der Waals surface area contributed by atoms with Crippen LogP contribution in [0.3, 0.4) is 0 Å². The van der Waals surface area contributed by atoms with E-state index >= 15 is 0 Å². The van der Waals surface area contributed by atoms with E-state index in [1.54, 1.807) is 24.0 Å². The summed E-state index contributed by atoms with van der Waals surface area (Å²) in [6, 6.07) is 17.4. The highest BCUT2D eigenvalue weighted by atomic mass is 32.2. The van der Waals surface area contributed by atoms with E-state index in [-0.39, 0.29) is 5.91 Å². The van der Waals surface area contributed by atoms with Crippen LogP contribution in [0.5, 0.6) is 0 Å². The van der Waals surface area contributed by atoms with Crippen LogP contribution in [0.25, 0.3) is 0 Å². The van der Waals surface area contributed by atoms with Crippen molar-refractivity contribution in [2.24, 2.45) is 0 Å². The first kappa shape index (κ1) is 19.3. The molecule has 0 spiro atoms. The van der Waals surface area contributed by atoms with Crippen LogP contribution in [-0.2, 0) is 9.53 Å². The van der Waals surface area contributed by atoms with Gasteiger partial charge >= 0.3 is 5.97 Å².